The van der Waals surface area contributed by atoms with Crippen molar-refractivity contribution in [2.24, 2.45) is 0 Å². The summed E-state index contributed by atoms with van der Waals surface area (Å²) in [6.07, 6.45) is -1.26. The van der Waals surface area contributed by atoms with Crippen molar-refractivity contribution >= 4 is 17.2 Å². The first-order chi connectivity index (χ1) is 11.2. The number of aromatic nitrogens is 1. The van der Waals surface area contributed by atoms with Crippen molar-refractivity contribution < 1.29 is 19.4 Å². The van der Waals surface area contributed by atoms with E-state index in [9.17, 15) is 9.90 Å². The number of fused-ring (bicyclic) bond motifs is 1. The molecule has 1 aromatic carbocycles. The number of rotatable bonds is 3. The van der Waals surface area contributed by atoms with Crippen LogP contribution < -0.4 is 5.32 Å². The van der Waals surface area contributed by atoms with E-state index in [-0.39, 0.29) is 30.8 Å². The van der Waals surface area contributed by atoms with Crippen LogP contribution in [0, 0.1) is 0 Å². The number of amides is 1. The molecule has 2 aliphatic rings. The van der Waals surface area contributed by atoms with Gasteiger partial charge in [0.1, 0.15) is 29.0 Å². The molecule has 4 atom stereocenters. The third kappa shape index (κ3) is 2.76. The fourth-order valence-electron chi connectivity index (χ4n) is 2.94. The lowest BCUT2D eigenvalue weighted by atomic mass is 10.1. The summed E-state index contributed by atoms with van der Waals surface area (Å²) in [7, 11) is 0. The minimum absolute atomic E-state index is 0.247. The van der Waals surface area contributed by atoms with Crippen LogP contribution in [-0.4, -0.2) is 53.6 Å². The molecule has 2 aliphatic heterocycles. The quantitative estimate of drug-likeness (QED) is 0.879. The van der Waals surface area contributed by atoms with Crippen molar-refractivity contribution in [2.75, 3.05) is 13.2 Å². The Morgan fingerprint density at radius 1 is 1.22 bits per heavy atom. The molecule has 0 spiro atoms. The average Bonchev–Trinajstić information content (AvgIpc) is 3.28. The van der Waals surface area contributed by atoms with Gasteiger partial charge in [0.15, 0.2) is 0 Å². The largest absolute Gasteiger partial charge is 0.388 e. The standard InChI is InChI=1S/C16H16N2O4S/c19-12-7-22-13-10(6-21-14(12)13)17-15(20)11-8-23-16(18-11)9-4-2-1-3-5-9/h1-5,8,10,12-14,19H,6-7H2,(H,17,20)/t10-,12-,13-,14-/m1/s1. The highest BCUT2D eigenvalue weighted by Crippen LogP contribution is 2.27. The molecule has 2 saturated heterocycles. The summed E-state index contributed by atoms with van der Waals surface area (Å²) in [4.78, 5) is 16.8. The summed E-state index contributed by atoms with van der Waals surface area (Å²) < 4.78 is 11.0. The van der Waals surface area contributed by atoms with Crippen LogP contribution >= 0.6 is 11.3 Å². The molecule has 120 valence electrons. The number of nitrogens with zero attached hydrogens (tertiary/aromatic N) is 1. The number of ether oxygens (including phenoxy) is 2. The van der Waals surface area contributed by atoms with Crippen LogP contribution in [0.5, 0.6) is 0 Å². The van der Waals surface area contributed by atoms with Crippen molar-refractivity contribution in [3.63, 3.8) is 0 Å². The Hall–Kier alpha value is -1.80. The number of carbonyl (C=O) groups excluding carboxylic acids is 1. The zero-order valence-corrected chi connectivity index (χ0v) is 13.0. The van der Waals surface area contributed by atoms with Crippen molar-refractivity contribution in [3.05, 3.63) is 41.4 Å². The van der Waals surface area contributed by atoms with Crippen molar-refractivity contribution in [2.45, 2.75) is 24.4 Å². The van der Waals surface area contributed by atoms with Crippen LogP contribution in [0.2, 0.25) is 0 Å². The zero-order chi connectivity index (χ0) is 15.8. The Morgan fingerprint density at radius 2 is 2.00 bits per heavy atom. The minimum Gasteiger partial charge on any atom is -0.388 e. The van der Waals surface area contributed by atoms with Crippen molar-refractivity contribution in [1.82, 2.24) is 10.3 Å². The van der Waals surface area contributed by atoms with Crippen LogP contribution in [0.15, 0.2) is 35.7 Å². The molecule has 23 heavy (non-hydrogen) atoms. The molecule has 7 heteroatoms. The van der Waals surface area contributed by atoms with Crippen LogP contribution in [0.25, 0.3) is 10.6 Å². The van der Waals surface area contributed by atoms with Gasteiger partial charge in [-0.2, -0.15) is 0 Å². The van der Waals surface area contributed by atoms with Gasteiger partial charge in [-0.15, -0.1) is 11.3 Å². The molecule has 3 heterocycles. The normalized spacial score (nSPS) is 29.4. The van der Waals surface area contributed by atoms with E-state index < -0.39 is 6.10 Å². The topological polar surface area (TPSA) is 80.7 Å². The number of aliphatic hydroxyl groups excluding tert-OH is 1. The fourth-order valence-corrected chi connectivity index (χ4v) is 3.74. The molecule has 4 rings (SSSR count). The minimum atomic E-state index is -0.620. The van der Waals surface area contributed by atoms with Crippen LogP contribution in [-0.2, 0) is 9.47 Å². The molecular weight excluding hydrogens is 316 g/mol. The first kappa shape index (κ1) is 14.8. The summed E-state index contributed by atoms with van der Waals surface area (Å²) in [5.74, 6) is -0.248. The lowest BCUT2D eigenvalue weighted by molar-refractivity contribution is 0.0178. The summed E-state index contributed by atoms with van der Waals surface area (Å²) in [6.45, 7) is 0.588. The molecule has 1 aromatic heterocycles. The Morgan fingerprint density at radius 3 is 2.83 bits per heavy atom. The van der Waals surface area contributed by atoms with Crippen LogP contribution in [0.1, 0.15) is 10.5 Å². The van der Waals surface area contributed by atoms with Crippen LogP contribution in [0.4, 0.5) is 0 Å². The lowest BCUT2D eigenvalue weighted by Crippen LogP contribution is -2.44. The van der Waals surface area contributed by atoms with E-state index in [1.54, 1.807) is 5.38 Å². The molecule has 6 nitrogen and oxygen atoms in total. The second-order valence-corrected chi connectivity index (χ2v) is 6.51. The van der Waals surface area contributed by atoms with Gasteiger partial charge in [-0.1, -0.05) is 30.3 Å². The third-order valence-corrected chi connectivity index (χ3v) is 4.99. The summed E-state index contributed by atoms with van der Waals surface area (Å²) in [5.41, 5.74) is 1.37. The monoisotopic (exact) mass is 332 g/mol. The summed E-state index contributed by atoms with van der Waals surface area (Å²) >= 11 is 1.43. The molecule has 0 bridgehead atoms. The van der Waals surface area contributed by atoms with Gasteiger partial charge in [-0.25, -0.2) is 4.98 Å². The molecule has 2 fully saturated rings. The molecule has 0 aliphatic carbocycles. The van der Waals surface area contributed by atoms with Crippen LogP contribution in [0.3, 0.4) is 0 Å². The molecule has 2 N–H and O–H groups in total. The number of hydrogen-bond acceptors (Lipinski definition) is 6. The first-order valence-corrected chi connectivity index (χ1v) is 8.33. The van der Waals surface area contributed by atoms with Gasteiger partial charge in [0.2, 0.25) is 0 Å². The second-order valence-electron chi connectivity index (χ2n) is 5.65. The number of carbonyl (C=O) groups is 1. The number of nitrogens with one attached hydrogen (secondary N) is 1. The number of aliphatic hydroxyl groups is 1. The molecule has 0 saturated carbocycles. The predicted octanol–water partition coefficient (Wildman–Crippen LogP) is 1.07. The fraction of sp³-hybridized carbons (Fsp3) is 0.375. The van der Waals surface area contributed by atoms with Gasteiger partial charge >= 0.3 is 0 Å². The smallest absolute Gasteiger partial charge is 0.271 e. The molecule has 0 unspecified atom stereocenters. The summed E-state index contributed by atoms with van der Waals surface area (Å²) in [5, 5.41) is 15.2. The van der Waals surface area contributed by atoms with E-state index in [2.05, 4.69) is 10.3 Å². The predicted molar refractivity (Wildman–Crippen MR) is 84.3 cm³/mol. The molecular formula is C16H16N2O4S. The Kier molecular flexibility index (Phi) is 3.86. The second kappa shape index (κ2) is 6.01. The summed E-state index contributed by atoms with van der Waals surface area (Å²) in [6, 6.07) is 9.49. The van der Waals surface area contributed by atoms with E-state index in [1.165, 1.54) is 11.3 Å². The number of benzene rings is 1. The average molecular weight is 332 g/mol. The van der Waals surface area contributed by atoms with Gasteiger partial charge in [-0.3, -0.25) is 4.79 Å². The Labute approximate surface area is 137 Å². The lowest BCUT2D eigenvalue weighted by Gasteiger charge is -2.16. The maximum atomic E-state index is 12.4. The third-order valence-electron chi connectivity index (χ3n) is 4.10. The van der Waals surface area contributed by atoms with Gasteiger partial charge < -0.3 is 19.9 Å². The van der Waals surface area contributed by atoms with Gasteiger partial charge in [0, 0.05) is 10.9 Å². The highest BCUT2D eigenvalue weighted by Gasteiger charge is 2.47. The number of thiazole rings is 1. The van der Waals surface area contributed by atoms with Crippen molar-refractivity contribution in [3.8, 4) is 10.6 Å². The van der Waals surface area contributed by atoms with Gasteiger partial charge in [0.25, 0.3) is 5.91 Å². The highest BCUT2D eigenvalue weighted by molar-refractivity contribution is 7.13. The van der Waals surface area contributed by atoms with Gasteiger partial charge in [0.05, 0.1) is 19.3 Å². The highest BCUT2D eigenvalue weighted by atomic mass is 32.1. The molecule has 2 aromatic rings. The maximum absolute atomic E-state index is 12.4. The maximum Gasteiger partial charge on any atom is 0.271 e. The zero-order valence-electron chi connectivity index (χ0n) is 12.2. The van der Waals surface area contributed by atoms with E-state index in [4.69, 9.17) is 9.47 Å². The van der Waals surface area contributed by atoms with Crippen molar-refractivity contribution in [1.29, 1.82) is 0 Å². The Bertz CT molecular complexity index is 705. The van der Waals surface area contributed by atoms with E-state index >= 15 is 0 Å². The Balaban J connectivity index is 1.45. The van der Waals surface area contributed by atoms with E-state index in [0.29, 0.717) is 12.3 Å². The number of hydrogen-bond donors (Lipinski definition) is 2. The van der Waals surface area contributed by atoms with E-state index in [0.717, 1.165) is 10.6 Å². The van der Waals surface area contributed by atoms with Gasteiger partial charge in [-0.05, 0) is 0 Å². The molecule has 1 amide bonds. The SMILES string of the molecule is O=C(N[C@@H]1CO[C@H]2[C@@H]1OC[C@H]2O)c1csc(-c2ccccc2)n1. The first-order valence-electron chi connectivity index (χ1n) is 7.45. The molecule has 0 radical (unpaired) electrons. The van der Waals surface area contributed by atoms with E-state index in [1.807, 2.05) is 30.3 Å².